The fourth-order valence-corrected chi connectivity index (χ4v) is 5.57. The van der Waals surface area contributed by atoms with Crippen molar-refractivity contribution in [2.24, 2.45) is 5.41 Å². The molecule has 0 saturated carbocycles. The normalized spacial score (nSPS) is 16.0. The summed E-state index contributed by atoms with van der Waals surface area (Å²) in [7, 11) is 0. The van der Waals surface area contributed by atoms with E-state index >= 15 is 0 Å². The number of pyridine rings is 1. The van der Waals surface area contributed by atoms with Crippen molar-refractivity contribution in [1.82, 2.24) is 9.38 Å². The van der Waals surface area contributed by atoms with E-state index in [-0.39, 0.29) is 5.41 Å². The summed E-state index contributed by atoms with van der Waals surface area (Å²) < 4.78 is 8.22. The highest BCUT2D eigenvalue weighted by Crippen LogP contribution is 2.40. The number of imidazole rings is 1. The van der Waals surface area contributed by atoms with Gasteiger partial charge in [-0.3, -0.25) is 4.40 Å². The van der Waals surface area contributed by atoms with Crippen molar-refractivity contribution in [3.8, 4) is 28.5 Å². The molecule has 7 nitrogen and oxygen atoms in total. The van der Waals surface area contributed by atoms with Crippen LogP contribution in [-0.4, -0.2) is 39.2 Å². The van der Waals surface area contributed by atoms with Crippen molar-refractivity contribution in [3.05, 3.63) is 77.5 Å². The summed E-state index contributed by atoms with van der Waals surface area (Å²) in [4.78, 5) is 20.0. The van der Waals surface area contributed by atoms with Gasteiger partial charge < -0.3 is 14.7 Å². The minimum Gasteiger partial charge on any atom is -0.479 e. The molecule has 2 aromatic heterocycles. The second kappa shape index (κ2) is 10.7. The predicted molar refractivity (Wildman–Crippen MR) is 162 cm³/mol. The predicted octanol–water partition coefficient (Wildman–Crippen LogP) is 7.42. The van der Waals surface area contributed by atoms with Gasteiger partial charge in [-0.05, 0) is 86.9 Å². The maximum atomic E-state index is 12.7. The number of aryl methyl sites for hydroxylation is 1. The number of nitrogens with zero attached hydrogens (tertiary/aromatic N) is 4. The molecule has 0 spiro atoms. The number of carboxylic acid groups (broad SMARTS) is 1. The first-order valence-corrected chi connectivity index (χ1v) is 14.1. The summed E-state index contributed by atoms with van der Waals surface area (Å²) in [6.45, 7) is 13.8. The quantitative estimate of drug-likeness (QED) is 0.269. The van der Waals surface area contributed by atoms with Crippen molar-refractivity contribution in [2.45, 2.75) is 66.1 Å². The average molecular weight is 551 g/mol. The highest BCUT2D eigenvalue weighted by molar-refractivity contribution is 5.80. The number of hydrogen-bond donors (Lipinski definition) is 1. The summed E-state index contributed by atoms with van der Waals surface area (Å²) in [5.41, 5.74) is 6.18. The Morgan fingerprint density at radius 3 is 2.32 bits per heavy atom. The lowest BCUT2D eigenvalue weighted by Gasteiger charge is -2.40. The molecule has 0 radical (unpaired) electrons. The number of nitriles is 1. The first-order chi connectivity index (χ1) is 19.3. The van der Waals surface area contributed by atoms with Gasteiger partial charge in [0.15, 0.2) is 6.10 Å². The molecule has 0 aliphatic carbocycles. The van der Waals surface area contributed by atoms with Crippen molar-refractivity contribution >= 4 is 17.4 Å². The maximum Gasteiger partial charge on any atom is 0.337 e. The van der Waals surface area contributed by atoms with E-state index < -0.39 is 17.7 Å². The van der Waals surface area contributed by atoms with Gasteiger partial charge in [0.05, 0.1) is 22.9 Å². The molecule has 1 atom stereocenters. The Morgan fingerprint density at radius 2 is 1.68 bits per heavy atom. The van der Waals surface area contributed by atoms with E-state index in [1.807, 2.05) is 80.8 Å². The number of anilines is 1. The van der Waals surface area contributed by atoms with Gasteiger partial charge in [0.25, 0.3) is 0 Å². The molecular formula is C34H38N4O3. The van der Waals surface area contributed by atoms with Crippen LogP contribution in [0.4, 0.5) is 5.82 Å². The second-order valence-corrected chi connectivity index (χ2v) is 12.8. The van der Waals surface area contributed by atoms with Crippen LogP contribution in [0.2, 0.25) is 0 Å². The van der Waals surface area contributed by atoms with Crippen LogP contribution in [-0.2, 0) is 9.53 Å². The number of ether oxygens (including phenoxy) is 1. The SMILES string of the molecule is Cc1cc2nc(-c3cccc(-c4cccc(C#N)c4)c3)cn2c(N2CCC(C)(C)CC2)c1C(OC(C)(C)C)C(=O)O. The topological polar surface area (TPSA) is 90.9 Å². The van der Waals surface area contributed by atoms with E-state index in [4.69, 9.17) is 9.72 Å². The first kappa shape index (κ1) is 28.4. The van der Waals surface area contributed by atoms with Crippen LogP contribution in [0.3, 0.4) is 0 Å². The number of aromatic nitrogens is 2. The minimum absolute atomic E-state index is 0.233. The van der Waals surface area contributed by atoms with Gasteiger partial charge in [-0.25, -0.2) is 9.78 Å². The second-order valence-electron chi connectivity index (χ2n) is 12.8. The average Bonchev–Trinajstić information content (AvgIpc) is 3.34. The Hall–Kier alpha value is -4.15. The van der Waals surface area contributed by atoms with Crippen molar-refractivity contribution in [3.63, 3.8) is 0 Å². The summed E-state index contributed by atoms with van der Waals surface area (Å²) in [5, 5.41) is 19.7. The lowest BCUT2D eigenvalue weighted by molar-refractivity contribution is -0.160. The summed E-state index contributed by atoms with van der Waals surface area (Å²) >= 11 is 0. The van der Waals surface area contributed by atoms with E-state index in [0.717, 1.165) is 65.3 Å². The maximum absolute atomic E-state index is 12.7. The fourth-order valence-electron chi connectivity index (χ4n) is 5.57. The lowest BCUT2D eigenvalue weighted by Crippen LogP contribution is -2.40. The molecule has 212 valence electrons. The van der Waals surface area contributed by atoms with Gasteiger partial charge in [-0.1, -0.05) is 44.2 Å². The van der Waals surface area contributed by atoms with Gasteiger partial charge in [0.1, 0.15) is 11.5 Å². The van der Waals surface area contributed by atoms with Crippen LogP contribution < -0.4 is 4.90 Å². The molecule has 1 unspecified atom stereocenters. The number of benzene rings is 2. The summed E-state index contributed by atoms with van der Waals surface area (Å²) in [5.74, 6) is -0.169. The molecule has 0 bridgehead atoms. The van der Waals surface area contributed by atoms with Crippen molar-refractivity contribution in [1.29, 1.82) is 5.26 Å². The molecule has 5 rings (SSSR count). The van der Waals surface area contributed by atoms with E-state index in [1.165, 1.54) is 0 Å². The first-order valence-electron chi connectivity index (χ1n) is 14.1. The van der Waals surface area contributed by atoms with E-state index in [0.29, 0.717) is 11.1 Å². The van der Waals surface area contributed by atoms with Gasteiger partial charge in [0.2, 0.25) is 0 Å². The summed E-state index contributed by atoms with van der Waals surface area (Å²) in [6, 6.07) is 19.9. The van der Waals surface area contributed by atoms with Gasteiger partial charge in [-0.2, -0.15) is 5.26 Å². The highest BCUT2D eigenvalue weighted by atomic mass is 16.5. The Labute approximate surface area is 242 Å². The molecule has 1 fully saturated rings. The number of piperidine rings is 1. The molecule has 1 N–H and O–H groups in total. The standard InChI is InChI=1S/C34H38N4O3/c1-22-17-28-36-27(26-12-8-11-25(19-26)24-10-7-9-23(18-24)20-35)21-38(28)31(37-15-13-34(5,6)14-16-37)29(22)30(32(39)40)41-33(2,3)4/h7-12,17-19,21,30H,13-16H2,1-6H3,(H,39,40). The van der Waals surface area contributed by atoms with Gasteiger partial charge in [-0.15, -0.1) is 0 Å². The smallest absolute Gasteiger partial charge is 0.337 e. The number of rotatable bonds is 6. The molecule has 0 amide bonds. The minimum atomic E-state index is -1.12. The Bertz CT molecular complexity index is 1640. The number of carboxylic acids is 1. The number of hydrogen-bond acceptors (Lipinski definition) is 5. The highest BCUT2D eigenvalue weighted by Gasteiger charge is 2.35. The van der Waals surface area contributed by atoms with Crippen LogP contribution in [0.25, 0.3) is 28.0 Å². The molecule has 41 heavy (non-hydrogen) atoms. The Balaban J connectivity index is 1.67. The molecular weight excluding hydrogens is 512 g/mol. The van der Waals surface area contributed by atoms with Gasteiger partial charge in [0, 0.05) is 30.4 Å². The third kappa shape index (κ3) is 5.98. The zero-order chi connectivity index (χ0) is 29.5. The zero-order valence-corrected chi connectivity index (χ0v) is 24.7. The van der Waals surface area contributed by atoms with Crippen molar-refractivity contribution in [2.75, 3.05) is 18.0 Å². The van der Waals surface area contributed by atoms with Crippen molar-refractivity contribution < 1.29 is 14.6 Å². The monoisotopic (exact) mass is 550 g/mol. The largest absolute Gasteiger partial charge is 0.479 e. The fraction of sp³-hybridized carbons (Fsp3) is 0.382. The van der Waals surface area contributed by atoms with Gasteiger partial charge >= 0.3 is 5.97 Å². The Kier molecular flexibility index (Phi) is 7.39. The van der Waals surface area contributed by atoms with Crippen LogP contribution >= 0.6 is 0 Å². The molecule has 7 heteroatoms. The molecule has 1 saturated heterocycles. The van der Waals surface area contributed by atoms with E-state index in [2.05, 4.69) is 30.9 Å². The van der Waals surface area contributed by atoms with Crippen LogP contribution in [0.15, 0.2) is 60.8 Å². The van der Waals surface area contributed by atoms with Crippen LogP contribution in [0.5, 0.6) is 0 Å². The van der Waals surface area contributed by atoms with Crippen LogP contribution in [0.1, 0.15) is 70.3 Å². The Morgan fingerprint density at radius 1 is 1.05 bits per heavy atom. The third-order valence-corrected chi connectivity index (χ3v) is 7.83. The zero-order valence-electron chi connectivity index (χ0n) is 24.7. The molecule has 1 aliphatic rings. The molecule has 2 aromatic carbocycles. The number of carbonyl (C=O) groups is 1. The number of aliphatic carboxylic acids is 1. The van der Waals surface area contributed by atoms with E-state index in [1.54, 1.807) is 6.07 Å². The van der Waals surface area contributed by atoms with E-state index in [9.17, 15) is 15.2 Å². The third-order valence-electron chi connectivity index (χ3n) is 7.83. The number of fused-ring (bicyclic) bond motifs is 1. The summed E-state index contributed by atoms with van der Waals surface area (Å²) in [6.07, 6.45) is 2.90. The van der Waals surface area contributed by atoms with Crippen LogP contribution in [0, 0.1) is 23.7 Å². The molecule has 4 aromatic rings. The molecule has 3 heterocycles. The lowest BCUT2D eigenvalue weighted by atomic mass is 9.82. The molecule has 1 aliphatic heterocycles.